The van der Waals surface area contributed by atoms with Crippen molar-refractivity contribution >= 4 is 23.2 Å². The molecule has 0 unspecified atom stereocenters. The Morgan fingerprint density at radius 2 is 2.00 bits per heavy atom. The number of nitrogens with zero attached hydrogens (tertiary/aromatic N) is 4. The predicted molar refractivity (Wildman–Crippen MR) is 72.1 cm³/mol. The molecule has 0 spiro atoms. The fraction of sp³-hybridized carbons (Fsp3) is 0. The molecule has 0 bridgehead atoms. The minimum atomic E-state index is -1.27. The van der Waals surface area contributed by atoms with Crippen molar-refractivity contribution in [3.8, 4) is 0 Å². The number of fused-ring (bicyclic) bond motifs is 1. The van der Waals surface area contributed by atoms with Gasteiger partial charge in [-0.05, 0) is 12.1 Å². The molecule has 0 aliphatic carbocycles. The second-order valence-electron chi connectivity index (χ2n) is 4.10. The largest absolute Gasteiger partial charge is 0.476 e. The predicted octanol–water partition coefficient (Wildman–Crippen LogP) is 1.07. The highest BCUT2D eigenvalue weighted by Crippen LogP contribution is 2.14. The normalized spacial score (nSPS) is 10.5. The zero-order valence-electron chi connectivity index (χ0n) is 10.6. The van der Waals surface area contributed by atoms with Crippen molar-refractivity contribution in [3.05, 3.63) is 54.2 Å². The number of carbonyl (C=O) groups is 2. The summed E-state index contributed by atoms with van der Waals surface area (Å²) in [4.78, 5) is 30.8. The molecular formula is C13H9N5O3. The van der Waals surface area contributed by atoms with Crippen LogP contribution in [-0.4, -0.2) is 36.6 Å². The number of rotatable bonds is 3. The van der Waals surface area contributed by atoms with Crippen molar-refractivity contribution in [1.82, 2.24) is 19.6 Å². The first-order chi connectivity index (χ1) is 10.2. The monoisotopic (exact) mass is 283 g/mol. The smallest absolute Gasteiger partial charge is 0.358 e. The lowest BCUT2D eigenvalue weighted by atomic mass is 10.2. The fourth-order valence-electron chi connectivity index (χ4n) is 1.87. The van der Waals surface area contributed by atoms with Crippen molar-refractivity contribution in [2.24, 2.45) is 0 Å². The third-order valence-corrected chi connectivity index (χ3v) is 2.80. The van der Waals surface area contributed by atoms with E-state index in [9.17, 15) is 9.59 Å². The van der Waals surface area contributed by atoms with Gasteiger partial charge >= 0.3 is 5.97 Å². The molecule has 3 aromatic heterocycles. The molecule has 21 heavy (non-hydrogen) atoms. The van der Waals surface area contributed by atoms with E-state index >= 15 is 0 Å². The SMILES string of the molecule is O=C(O)c1nccnc1NC(=O)c1cnn2ccccc12. The Kier molecular flexibility index (Phi) is 3.03. The Morgan fingerprint density at radius 1 is 1.19 bits per heavy atom. The van der Waals surface area contributed by atoms with E-state index in [1.54, 1.807) is 28.9 Å². The Bertz CT molecular complexity index is 842. The summed E-state index contributed by atoms with van der Waals surface area (Å²) in [6.07, 6.45) is 5.66. The number of hydrogen-bond acceptors (Lipinski definition) is 5. The third kappa shape index (κ3) is 2.29. The number of pyridine rings is 1. The van der Waals surface area contributed by atoms with E-state index in [4.69, 9.17) is 5.11 Å². The molecule has 0 saturated heterocycles. The zero-order chi connectivity index (χ0) is 14.8. The van der Waals surface area contributed by atoms with E-state index in [1.165, 1.54) is 18.6 Å². The van der Waals surface area contributed by atoms with Crippen LogP contribution in [0.2, 0.25) is 0 Å². The Balaban J connectivity index is 1.96. The van der Waals surface area contributed by atoms with Crippen LogP contribution in [0.4, 0.5) is 5.82 Å². The molecule has 3 rings (SSSR count). The Labute approximate surface area is 118 Å². The maximum atomic E-state index is 12.2. The Morgan fingerprint density at radius 3 is 2.81 bits per heavy atom. The van der Waals surface area contributed by atoms with Crippen LogP contribution in [0.15, 0.2) is 43.0 Å². The maximum absolute atomic E-state index is 12.2. The standard InChI is InChI=1S/C13H9N5O3/c19-12(8-7-16-18-6-2-1-3-9(8)18)17-11-10(13(20)21)14-4-5-15-11/h1-7H,(H,20,21)(H,15,17,19). The average Bonchev–Trinajstić information content (AvgIpc) is 2.91. The van der Waals surface area contributed by atoms with E-state index in [-0.39, 0.29) is 11.5 Å². The zero-order valence-corrected chi connectivity index (χ0v) is 10.6. The van der Waals surface area contributed by atoms with Crippen LogP contribution in [0.5, 0.6) is 0 Å². The van der Waals surface area contributed by atoms with Gasteiger partial charge in [0.15, 0.2) is 11.5 Å². The van der Waals surface area contributed by atoms with Crippen LogP contribution in [0.25, 0.3) is 5.52 Å². The maximum Gasteiger partial charge on any atom is 0.358 e. The van der Waals surface area contributed by atoms with Crippen LogP contribution >= 0.6 is 0 Å². The number of nitrogens with one attached hydrogen (secondary N) is 1. The first-order valence-electron chi connectivity index (χ1n) is 5.95. The molecule has 3 heterocycles. The van der Waals surface area contributed by atoms with Crippen LogP contribution in [0.3, 0.4) is 0 Å². The average molecular weight is 283 g/mol. The molecule has 0 saturated carbocycles. The van der Waals surface area contributed by atoms with Gasteiger partial charge in [0.25, 0.3) is 5.91 Å². The van der Waals surface area contributed by atoms with Gasteiger partial charge in [0, 0.05) is 18.6 Å². The molecular weight excluding hydrogens is 274 g/mol. The van der Waals surface area contributed by atoms with Gasteiger partial charge in [0.2, 0.25) is 0 Å². The number of amides is 1. The lowest BCUT2D eigenvalue weighted by Crippen LogP contribution is -2.16. The number of carboxylic acid groups (broad SMARTS) is 1. The van der Waals surface area contributed by atoms with Gasteiger partial charge < -0.3 is 10.4 Å². The van der Waals surface area contributed by atoms with Gasteiger partial charge in [-0.25, -0.2) is 19.3 Å². The molecule has 0 radical (unpaired) electrons. The minimum absolute atomic E-state index is 0.106. The van der Waals surface area contributed by atoms with Gasteiger partial charge in [-0.3, -0.25) is 4.79 Å². The fourth-order valence-corrected chi connectivity index (χ4v) is 1.87. The van der Waals surface area contributed by atoms with Crippen LogP contribution < -0.4 is 5.32 Å². The summed E-state index contributed by atoms with van der Waals surface area (Å²) in [5, 5.41) is 15.5. The minimum Gasteiger partial charge on any atom is -0.476 e. The highest BCUT2D eigenvalue weighted by Gasteiger charge is 2.18. The summed E-state index contributed by atoms with van der Waals surface area (Å²) >= 11 is 0. The molecule has 0 fully saturated rings. The summed E-state index contributed by atoms with van der Waals surface area (Å²) in [5.74, 6) is -1.87. The number of anilines is 1. The summed E-state index contributed by atoms with van der Waals surface area (Å²) in [5.41, 5.74) is 0.607. The second kappa shape index (κ2) is 5.00. The van der Waals surface area contributed by atoms with Crippen molar-refractivity contribution in [2.45, 2.75) is 0 Å². The van der Waals surface area contributed by atoms with Crippen molar-refractivity contribution in [2.75, 3.05) is 5.32 Å². The highest BCUT2D eigenvalue weighted by atomic mass is 16.4. The first kappa shape index (κ1) is 12.7. The highest BCUT2D eigenvalue weighted by molar-refractivity contribution is 6.10. The van der Waals surface area contributed by atoms with Gasteiger partial charge in [-0.15, -0.1) is 0 Å². The summed E-state index contributed by atoms with van der Waals surface area (Å²) in [7, 11) is 0. The topological polar surface area (TPSA) is 109 Å². The van der Waals surface area contributed by atoms with E-state index < -0.39 is 11.9 Å². The molecule has 8 heteroatoms. The first-order valence-corrected chi connectivity index (χ1v) is 5.95. The number of carbonyl (C=O) groups excluding carboxylic acids is 1. The number of aromatic carboxylic acids is 1. The van der Waals surface area contributed by atoms with Crippen LogP contribution in [-0.2, 0) is 0 Å². The summed E-state index contributed by atoms with van der Waals surface area (Å²) in [6, 6.07) is 5.29. The van der Waals surface area contributed by atoms with E-state index in [0.29, 0.717) is 11.1 Å². The molecule has 3 aromatic rings. The Hall–Kier alpha value is -3.29. The molecule has 1 amide bonds. The lowest BCUT2D eigenvalue weighted by Gasteiger charge is -2.05. The van der Waals surface area contributed by atoms with Gasteiger partial charge in [0.1, 0.15) is 0 Å². The quantitative estimate of drug-likeness (QED) is 0.744. The van der Waals surface area contributed by atoms with Gasteiger partial charge in [-0.1, -0.05) is 6.07 Å². The van der Waals surface area contributed by atoms with E-state index in [2.05, 4.69) is 20.4 Å². The molecule has 2 N–H and O–H groups in total. The number of carboxylic acids is 1. The molecule has 8 nitrogen and oxygen atoms in total. The summed E-state index contributed by atoms with van der Waals surface area (Å²) < 4.78 is 1.55. The number of hydrogen-bond donors (Lipinski definition) is 2. The summed E-state index contributed by atoms with van der Waals surface area (Å²) in [6.45, 7) is 0. The van der Waals surface area contributed by atoms with E-state index in [1.807, 2.05) is 0 Å². The molecule has 0 atom stereocenters. The molecule has 0 aliphatic heterocycles. The van der Waals surface area contributed by atoms with Crippen LogP contribution in [0, 0.1) is 0 Å². The van der Waals surface area contributed by atoms with E-state index in [0.717, 1.165) is 0 Å². The van der Waals surface area contributed by atoms with Gasteiger partial charge in [-0.2, -0.15) is 5.10 Å². The van der Waals surface area contributed by atoms with Crippen molar-refractivity contribution in [3.63, 3.8) is 0 Å². The van der Waals surface area contributed by atoms with Crippen LogP contribution in [0.1, 0.15) is 20.8 Å². The van der Waals surface area contributed by atoms with Crippen molar-refractivity contribution in [1.29, 1.82) is 0 Å². The number of aromatic nitrogens is 4. The second-order valence-corrected chi connectivity index (χ2v) is 4.10. The van der Waals surface area contributed by atoms with Gasteiger partial charge in [0.05, 0.1) is 17.3 Å². The molecule has 0 aliphatic rings. The van der Waals surface area contributed by atoms with Crippen molar-refractivity contribution < 1.29 is 14.7 Å². The lowest BCUT2D eigenvalue weighted by molar-refractivity contribution is 0.0691. The molecule has 104 valence electrons. The third-order valence-electron chi connectivity index (χ3n) is 2.80. The molecule has 0 aromatic carbocycles.